The zero-order valence-electron chi connectivity index (χ0n) is 17.8. The topological polar surface area (TPSA) is 35.5 Å². The number of fused-ring (bicyclic) bond motifs is 2. The Balaban J connectivity index is 1.42. The molecule has 2 bridgehead atoms. The molecule has 3 heteroatoms. The van der Waals surface area contributed by atoms with Crippen LogP contribution in [0.3, 0.4) is 0 Å². The third-order valence-electron chi connectivity index (χ3n) is 6.77. The van der Waals surface area contributed by atoms with Crippen LogP contribution in [0.4, 0.5) is 0 Å². The second-order valence-corrected chi connectivity index (χ2v) is 9.38. The monoisotopic (exact) mass is 392 g/mol. The number of rotatable bonds is 5. The summed E-state index contributed by atoms with van der Waals surface area (Å²) in [5.74, 6) is 3.91. The van der Waals surface area contributed by atoms with Gasteiger partial charge >= 0.3 is 5.97 Å². The summed E-state index contributed by atoms with van der Waals surface area (Å²) in [7, 11) is 0. The van der Waals surface area contributed by atoms with Crippen LogP contribution in [0, 0.1) is 17.8 Å². The van der Waals surface area contributed by atoms with Crippen LogP contribution in [0.5, 0.6) is 11.5 Å². The molecule has 0 heterocycles. The first-order valence-electron chi connectivity index (χ1n) is 11.0. The highest BCUT2D eigenvalue weighted by Gasteiger charge is 2.41. The van der Waals surface area contributed by atoms with Gasteiger partial charge < -0.3 is 9.47 Å². The Morgan fingerprint density at radius 2 is 1.48 bits per heavy atom. The van der Waals surface area contributed by atoms with Crippen LogP contribution < -0.4 is 4.74 Å². The fourth-order valence-corrected chi connectivity index (χ4v) is 5.76. The fourth-order valence-electron chi connectivity index (χ4n) is 5.76. The van der Waals surface area contributed by atoms with Crippen molar-refractivity contribution in [2.24, 2.45) is 17.8 Å². The van der Waals surface area contributed by atoms with Gasteiger partial charge in [-0.1, -0.05) is 26.0 Å². The van der Waals surface area contributed by atoms with Gasteiger partial charge in [0.1, 0.15) is 11.5 Å². The van der Waals surface area contributed by atoms with Gasteiger partial charge in [-0.15, -0.1) is 0 Å². The lowest BCUT2D eigenvalue weighted by atomic mass is 9.58. The van der Waals surface area contributed by atoms with Crippen LogP contribution in [0.2, 0.25) is 0 Å². The van der Waals surface area contributed by atoms with E-state index in [1.54, 1.807) is 19.1 Å². The van der Waals surface area contributed by atoms with Gasteiger partial charge in [-0.05, 0) is 104 Å². The first-order valence-corrected chi connectivity index (χ1v) is 11.0. The van der Waals surface area contributed by atoms with Gasteiger partial charge in [0.15, 0.2) is 0 Å². The van der Waals surface area contributed by atoms with Crippen molar-refractivity contribution in [3.05, 3.63) is 59.7 Å². The van der Waals surface area contributed by atoms with Crippen LogP contribution in [0.15, 0.2) is 48.5 Å². The number of benzene rings is 2. The van der Waals surface area contributed by atoms with Gasteiger partial charge in [0.25, 0.3) is 0 Å². The standard InChI is InChI=1S/C26H32O3/c1-4-28-25(27)21-5-9-23(10-6-21)29-24-11-7-22(8-12-24)26(3)16-19-13-18(2)14-20(15-19)17-26/h5-12,18-20H,4,13-17H2,1-3H3. The molecule has 2 aliphatic rings. The highest BCUT2D eigenvalue weighted by atomic mass is 16.5. The van der Waals surface area contributed by atoms with Gasteiger partial charge in [-0.2, -0.15) is 0 Å². The molecule has 0 saturated heterocycles. The van der Waals surface area contributed by atoms with Crippen molar-refractivity contribution in [2.75, 3.05) is 6.61 Å². The Morgan fingerprint density at radius 3 is 2.03 bits per heavy atom. The molecule has 4 rings (SSSR count). The fraction of sp³-hybridized carbons (Fsp3) is 0.500. The van der Waals surface area contributed by atoms with Crippen molar-refractivity contribution in [3.8, 4) is 11.5 Å². The molecule has 3 nitrogen and oxygen atoms in total. The van der Waals surface area contributed by atoms with Crippen molar-refractivity contribution in [1.29, 1.82) is 0 Å². The molecule has 2 saturated carbocycles. The number of carbonyl (C=O) groups excluding carboxylic acids is 1. The third-order valence-corrected chi connectivity index (χ3v) is 6.77. The van der Waals surface area contributed by atoms with Crippen molar-refractivity contribution >= 4 is 5.97 Å². The van der Waals surface area contributed by atoms with Crippen LogP contribution >= 0.6 is 0 Å². The molecule has 0 aliphatic heterocycles. The minimum absolute atomic E-state index is 0.285. The van der Waals surface area contributed by atoms with Gasteiger partial charge in [0.05, 0.1) is 12.2 Å². The van der Waals surface area contributed by atoms with E-state index in [-0.39, 0.29) is 11.4 Å². The Kier molecular flexibility index (Phi) is 5.67. The van der Waals surface area contributed by atoms with Crippen LogP contribution in [0.1, 0.15) is 68.8 Å². The van der Waals surface area contributed by atoms with E-state index in [0.29, 0.717) is 12.2 Å². The van der Waals surface area contributed by atoms with Crippen molar-refractivity contribution in [3.63, 3.8) is 0 Å². The molecule has 0 amide bonds. The molecule has 0 aromatic heterocycles. The Hall–Kier alpha value is -2.29. The molecular formula is C26H32O3. The van der Waals surface area contributed by atoms with Gasteiger partial charge in [-0.3, -0.25) is 0 Å². The molecule has 2 aromatic rings. The molecule has 2 aliphatic carbocycles. The largest absolute Gasteiger partial charge is 0.462 e. The number of esters is 1. The molecule has 2 fully saturated rings. The summed E-state index contributed by atoms with van der Waals surface area (Å²) >= 11 is 0. The highest BCUT2D eigenvalue weighted by Crippen LogP contribution is 2.51. The summed E-state index contributed by atoms with van der Waals surface area (Å²) in [5, 5.41) is 0. The minimum atomic E-state index is -0.303. The average Bonchev–Trinajstić information content (AvgIpc) is 2.68. The zero-order valence-corrected chi connectivity index (χ0v) is 17.8. The van der Waals surface area contributed by atoms with E-state index in [1.807, 2.05) is 12.1 Å². The molecule has 0 spiro atoms. The van der Waals surface area contributed by atoms with E-state index in [2.05, 4.69) is 38.1 Å². The van der Waals surface area contributed by atoms with E-state index in [9.17, 15) is 4.79 Å². The SMILES string of the molecule is CCOC(=O)c1ccc(Oc2ccc(C3(C)CC4CC(C)CC(C4)C3)cc2)cc1. The molecule has 2 atom stereocenters. The van der Waals surface area contributed by atoms with Crippen molar-refractivity contribution in [1.82, 2.24) is 0 Å². The molecular weight excluding hydrogens is 360 g/mol. The smallest absolute Gasteiger partial charge is 0.338 e. The molecule has 0 radical (unpaired) electrons. The lowest BCUT2D eigenvalue weighted by molar-refractivity contribution is 0.0526. The number of carbonyl (C=O) groups is 1. The lowest BCUT2D eigenvalue weighted by Gasteiger charge is -2.47. The van der Waals surface area contributed by atoms with E-state index in [4.69, 9.17) is 9.47 Å². The van der Waals surface area contributed by atoms with Gasteiger partial charge in [-0.25, -0.2) is 4.79 Å². The van der Waals surface area contributed by atoms with E-state index in [1.165, 1.54) is 37.7 Å². The van der Waals surface area contributed by atoms with Gasteiger partial charge in [0, 0.05) is 0 Å². The number of hydrogen-bond donors (Lipinski definition) is 0. The summed E-state index contributed by atoms with van der Waals surface area (Å²) in [6, 6.07) is 15.7. The maximum absolute atomic E-state index is 11.8. The zero-order chi connectivity index (χ0) is 20.4. The second kappa shape index (κ2) is 8.22. The van der Waals surface area contributed by atoms with Crippen molar-refractivity contribution in [2.45, 2.75) is 58.3 Å². The summed E-state index contributed by atoms with van der Waals surface area (Å²) in [4.78, 5) is 11.8. The van der Waals surface area contributed by atoms with Crippen LogP contribution in [-0.4, -0.2) is 12.6 Å². The maximum atomic E-state index is 11.8. The maximum Gasteiger partial charge on any atom is 0.338 e. The second-order valence-electron chi connectivity index (χ2n) is 9.38. The minimum Gasteiger partial charge on any atom is -0.462 e. The predicted octanol–water partition coefficient (Wildman–Crippen LogP) is 6.76. The third kappa shape index (κ3) is 4.49. The molecule has 2 aromatic carbocycles. The van der Waals surface area contributed by atoms with Gasteiger partial charge in [0.2, 0.25) is 0 Å². The number of hydrogen-bond acceptors (Lipinski definition) is 3. The molecule has 154 valence electrons. The first kappa shape index (κ1) is 20.0. The van der Waals surface area contributed by atoms with E-state index in [0.717, 1.165) is 29.3 Å². The summed E-state index contributed by atoms with van der Waals surface area (Å²) in [5.41, 5.74) is 2.26. The van der Waals surface area contributed by atoms with E-state index >= 15 is 0 Å². The predicted molar refractivity (Wildman–Crippen MR) is 115 cm³/mol. The van der Waals surface area contributed by atoms with E-state index < -0.39 is 0 Å². The molecule has 0 N–H and O–H groups in total. The lowest BCUT2D eigenvalue weighted by Crippen LogP contribution is -2.38. The summed E-state index contributed by atoms with van der Waals surface area (Å²) < 4.78 is 11.0. The Bertz CT molecular complexity index is 819. The summed E-state index contributed by atoms with van der Waals surface area (Å²) in [6.45, 7) is 7.06. The Morgan fingerprint density at radius 1 is 0.931 bits per heavy atom. The normalized spacial score (nSPS) is 28.6. The summed E-state index contributed by atoms with van der Waals surface area (Å²) in [6.07, 6.45) is 6.85. The van der Waals surface area contributed by atoms with Crippen LogP contribution in [-0.2, 0) is 10.2 Å². The molecule has 29 heavy (non-hydrogen) atoms. The van der Waals surface area contributed by atoms with Crippen molar-refractivity contribution < 1.29 is 14.3 Å². The average molecular weight is 393 g/mol. The quantitative estimate of drug-likeness (QED) is 0.527. The highest BCUT2D eigenvalue weighted by molar-refractivity contribution is 5.89. The van der Waals surface area contributed by atoms with Crippen LogP contribution in [0.25, 0.3) is 0 Å². The Labute approximate surface area is 174 Å². The molecule has 2 unspecified atom stereocenters. The first-order chi connectivity index (χ1) is 13.9. The number of ether oxygens (including phenoxy) is 2.